The number of aryl methyl sites for hydroxylation is 1. The highest BCUT2D eigenvalue weighted by Gasteiger charge is 2.21. The summed E-state index contributed by atoms with van der Waals surface area (Å²) in [5.41, 5.74) is 1.10. The molecule has 1 saturated heterocycles. The van der Waals surface area contributed by atoms with Crippen molar-refractivity contribution in [2.24, 2.45) is 13.0 Å². The smallest absolute Gasteiger partial charge is 0.234 e. The fourth-order valence-electron chi connectivity index (χ4n) is 3.04. The zero-order valence-electron chi connectivity index (χ0n) is 15.4. The molecule has 1 unspecified atom stereocenters. The number of carbonyl (C=O) groups is 1. The highest BCUT2D eigenvalue weighted by atomic mass is 16.5. The van der Waals surface area contributed by atoms with Gasteiger partial charge in [0.25, 0.3) is 0 Å². The van der Waals surface area contributed by atoms with Crippen LogP contribution >= 0.6 is 0 Å². The molecule has 0 aliphatic carbocycles. The third-order valence-corrected chi connectivity index (χ3v) is 4.00. The molecule has 2 heterocycles. The second kappa shape index (κ2) is 9.15. The Morgan fingerprint density at radius 2 is 2.33 bits per heavy atom. The number of rotatable bonds is 8. The first kappa shape index (κ1) is 18.9. The first-order valence-corrected chi connectivity index (χ1v) is 8.69. The second-order valence-electron chi connectivity index (χ2n) is 7.14. The number of ether oxygens (including phenoxy) is 1. The highest BCUT2D eigenvalue weighted by molar-refractivity contribution is 5.78. The molecule has 1 N–H and O–H groups in total. The number of carbonyl (C=O) groups excluding carboxylic acids is 1. The van der Waals surface area contributed by atoms with Gasteiger partial charge in [-0.1, -0.05) is 13.8 Å². The highest BCUT2D eigenvalue weighted by Crippen LogP contribution is 2.07. The molecule has 136 valence electrons. The maximum absolute atomic E-state index is 12.1. The van der Waals surface area contributed by atoms with Crippen LogP contribution in [0.4, 0.5) is 0 Å². The Balaban J connectivity index is 1.66. The summed E-state index contributed by atoms with van der Waals surface area (Å²) in [5, 5.41) is 7.14. The largest absolute Gasteiger partial charge is 0.374 e. The lowest BCUT2D eigenvalue weighted by Crippen LogP contribution is -2.49. The third-order valence-electron chi connectivity index (χ3n) is 4.00. The van der Waals surface area contributed by atoms with Crippen LogP contribution in [-0.2, 0) is 23.1 Å². The van der Waals surface area contributed by atoms with Gasteiger partial charge in [0.05, 0.1) is 25.5 Å². The van der Waals surface area contributed by atoms with Gasteiger partial charge < -0.3 is 10.1 Å². The molecule has 0 aromatic carbocycles. The van der Waals surface area contributed by atoms with Crippen LogP contribution in [0.15, 0.2) is 12.4 Å². The quantitative estimate of drug-likeness (QED) is 0.740. The molecule has 0 spiro atoms. The first-order chi connectivity index (χ1) is 11.4. The SMILES string of the molecule is CC(C)CN1CCOC(CNC(=O)CN(C)Cc2cnn(C)c2)C1. The molecule has 1 aliphatic rings. The number of hydrogen-bond donors (Lipinski definition) is 1. The molecule has 1 aromatic rings. The van der Waals surface area contributed by atoms with Gasteiger partial charge in [0.1, 0.15) is 0 Å². The van der Waals surface area contributed by atoms with Gasteiger partial charge in [-0.25, -0.2) is 0 Å². The van der Waals surface area contributed by atoms with E-state index >= 15 is 0 Å². The Bertz CT molecular complexity index is 517. The number of amides is 1. The molecule has 2 rings (SSSR count). The summed E-state index contributed by atoms with van der Waals surface area (Å²) in [7, 11) is 3.83. The van der Waals surface area contributed by atoms with Gasteiger partial charge in [-0.05, 0) is 13.0 Å². The van der Waals surface area contributed by atoms with E-state index in [9.17, 15) is 4.79 Å². The normalized spacial score (nSPS) is 19.2. The summed E-state index contributed by atoms with van der Waals surface area (Å²) in [4.78, 5) is 16.5. The summed E-state index contributed by atoms with van der Waals surface area (Å²) < 4.78 is 7.53. The van der Waals surface area contributed by atoms with Crippen molar-refractivity contribution in [2.45, 2.75) is 26.5 Å². The summed E-state index contributed by atoms with van der Waals surface area (Å²) in [6.45, 7) is 9.82. The van der Waals surface area contributed by atoms with Gasteiger partial charge in [0.15, 0.2) is 0 Å². The van der Waals surface area contributed by atoms with E-state index in [2.05, 4.69) is 29.2 Å². The van der Waals surface area contributed by atoms with E-state index in [1.807, 2.05) is 31.4 Å². The van der Waals surface area contributed by atoms with Crippen LogP contribution in [0.5, 0.6) is 0 Å². The van der Waals surface area contributed by atoms with Gasteiger partial charge >= 0.3 is 0 Å². The Morgan fingerprint density at radius 3 is 3.00 bits per heavy atom. The fourth-order valence-corrected chi connectivity index (χ4v) is 3.04. The number of aromatic nitrogens is 2. The van der Waals surface area contributed by atoms with Crippen LogP contribution in [0.2, 0.25) is 0 Å². The van der Waals surface area contributed by atoms with Crippen molar-refractivity contribution in [3.05, 3.63) is 18.0 Å². The predicted octanol–water partition coefficient (Wildman–Crippen LogP) is 0.325. The first-order valence-electron chi connectivity index (χ1n) is 8.69. The molecule has 0 saturated carbocycles. The van der Waals surface area contributed by atoms with E-state index in [0.29, 0.717) is 25.6 Å². The molecule has 1 aromatic heterocycles. The summed E-state index contributed by atoms with van der Waals surface area (Å²) in [6, 6.07) is 0. The van der Waals surface area contributed by atoms with Crippen molar-refractivity contribution in [1.29, 1.82) is 0 Å². The van der Waals surface area contributed by atoms with Crippen molar-refractivity contribution >= 4 is 5.91 Å². The average molecular weight is 337 g/mol. The van der Waals surface area contributed by atoms with Crippen molar-refractivity contribution in [3.8, 4) is 0 Å². The van der Waals surface area contributed by atoms with Crippen LogP contribution in [0, 0.1) is 5.92 Å². The van der Waals surface area contributed by atoms with Gasteiger partial charge in [0, 0.05) is 51.5 Å². The number of nitrogens with zero attached hydrogens (tertiary/aromatic N) is 4. The van der Waals surface area contributed by atoms with E-state index in [1.165, 1.54) is 0 Å². The molecule has 7 heteroatoms. The minimum Gasteiger partial charge on any atom is -0.374 e. The van der Waals surface area contributed by atoms with E-state index in [0.717, 1.165) is 31.8 Å². The van der Waals surface area contributed by atoms with E-state index in [-0.39, 0.29) is 12.0 Å². The van der Waals surface area contributed by atoms with Gasteiger partial charge in [-0.2, -0.15) is 5.10 Å². The number of hydrogen-bond acceptors (Lipinski definition) is 5. The molecular weight excluding hydrogens is 306 g/mol. The minimum absolute atomic E-state index is 0.0333. The molecule has 1 amide bonds. The van der Waals surface area contributed by atoms with Crippen molar-refractivity contribution in [3.63, 3.8) is 0 Å². The molecular formula is C17H31N5O2. The average Bonchev–Trinajstić information content (AvgIpc) is 2.89. The van der Waals surface area contributed by atoms with Crippen LogP contribution in [0.25, 0.3) is 0 Å². The Hall–Kier alpha value is -1.44. The molecule has 0 radical (unpaired) electrons. The van der Waals surface area contributed by atoms with Crippen LogP contribution in [0.3, 0.4) is 0 Å². The maximum Gasteiger partial charge on any atom is 0.234 e. The molecule has 1 fully saturated rings. The topological polar surface area (TPSA) is 62.6 Å². The summed E-state index contributed by atoms with van der Waals surface area (Å²) >= 11 is 0. The summed E-state index contributed by atoms with van der Waals surface area (Å²) in [5.74, 6) is 0.686. The molecule has 1 atom stereocenters. The number of morpholine rings is 1. The number of nitrogens with one attached hydrogen (secondary N) is 1. The van der Waals surface area contributed by atoms with Gasteiger partial charge in [0.2, 0.25) is 5.91 Å². The Morgan fingerprint density at radius 1 is 1.54 bits per heavy atom. The standard InChI is InChI=1S/C17H31N5O2/c1-14(2)9-22-5-6-24-16(12-22)8-18-17(23)13-20(3)10-15-7-19-21(4)11-15/h7,11,14,16H,5-6,8-10,12-13H2,1-4H3,(H,18,23). The zero-order chi connectivity index (χ0) is 17.5. The van der Waals surface area contributed by atoms with E-state index in [4.69, 9.17) is 4.74 Å². The second-order valence-corrected chi connectivity index (χ2v) is 7.14. The minimum atomic E-state index is 0.0333. The Kier molecular flexibility index (Phi) is 7.20. The molecule has 24 heavy (non-hydrogen) atoms. The van der Waals surface area contributed by atoms with E-state index in [1.54, 1.807) is 4.68 Å². The predicted molar refractivity (Wildman–Crippen MR) is 93.6 cm³/mol. The van der Waals surface area contributed by atoms with Crippen LogP contribution < -0.4 is 5.32 Å². The van der Waals surface area contributed by atoms with Crippen molar-refractivity contribution < 1.29 is 9.53 Å². The fraction of sp³-hybridized carbons (Fsp3) is 0.765. The van der Waals surface area contributed by atoms with Crippen molar-refractivity contribution in [2.75, 3.05) is 46.4 Å². The Labute approximate surface area is 144 Å². The van der Waals surface area contributed by atoms with Gasteiger partial charge in [-0.3, -0.25) is 19.3 Å². The third kappa shape index (κ3) is 6.59. The van der Waals surface area contributed by atoms with Crippen LogP contribution in [0.1, 0.15) is 19.4 Å². The molecule has 1 aliphatic heterocycles. The maximum atomic E-state index is 12.1. The number of likely N-dealkylation sites (N-methyl/N-ethyl adjacent to an activating group) is 1. The van der Waals surface area contributed by atoms with Crippen LogP contribution in [-0.4, -0.2) is 78.0 Å². The van der Waals surface area contributed by atoms with E-state index < -0.39 is 0 Å². The molecule has 7 nitrogen and oxygen atoms in total. The lowest BCUT2D eigenvalue weighted by Gasteiger charge is -2.34. The van der Waals surface area contributed by atoms with Crippen molar-refractivity contribution in [1.82, 2.24) is 24.9 Å². The molecule has 0 bridgehead atoms. The monoisotopic (exact) mass is 337 g/mol. The lowest BCUT2D eigenvalue weighted by molar-refractivity contribution is -0.123. The summed E-state index contributed by atoms with van der Waals surface area (Å²) in [6.07, 6.45) is 3.88. The zero-order valence-corrected chi connectivity index (χ0v) is 15.4. The lowest BCUT2D eigenvalue weighted by atomic mass is 10.2. The van der Waals surface area contributed by atoms with Gasteiger partial charge in [-0.15, -0.1) is 0 Å².